The van der Waals surface area contributed by atoms with Crippen LogP contribution in [0.4, 0.5) is 4.79 Å². The first kappa shape index (κ1) is 18.9. The molecule has 0 aliphatic carbocycles. The Morgan fingerprint density at radius 2 is 2.19 bits per heavy atom. The molecule has 4 N–H and O–H groups in total. The Balaban J connectivity index is 1.59. The normalized spacial score (nSPS) is 20.0. The second-order valence-corrected chi connectivity index (χ2v) is 6.98. The van der Waals surface area contributed by atoms with Gasteiger partial charge in [-0.15, -0.1) is 0 Å². The third-order valence-electron chi connectivity index (χ3n) is 4.77. The zero-order valence-electron chi connectivity index (χ0n) is 15.6. The maximum atomic E-state index is 12.7. The highest BCUT2D eigenvalue weighted by molar-refractivity contribution is 6.08. The van der Waals surface area contributed by atoms with Crippen molar-refractivity contribution in [2.45, 2.75) is 38.6 Å². The summed E-state index contributed by atoms with van der Waals surface area (Å²) in [6.07, 6.45) is 2.07. The fraction of sp³-hybridized carbons (Fsp3) is 0.421. The highest BCUT2D eigenvalue weighted by Gasteiger charge is 2.45. The number of nitrogens with one attached hydrogen (secondary N) is 4. The van der Waals surface area contributed by atoms with Gasteiger partial charge in [-0.1, -0.05) is 30.3 Å². The van der Waals surface area contributed by atoms with Crippen molar-refractivity contribution in [3.63, 3.8) is 0 Å². The van der Waals surface area contributed by atoms with E-state index in [1.807, 2.05) is 50.4 Å². The Morgan fingerprint density at radius 3 is 2.93 bits per heavy atom. The van der Waals surface area contributed by atoms with Crippen LogP contribution in [0, 0.1) is 11.3 Å². The van der Waals surface area contributed by atoms with Gasteiger partial charge in [-0.2, -0.15) is 5.26 Å². The smallest absolute Gasteiger partial charge is 0.332 e. The first-order valence-corrected chi connectivity index (χ1v) is 9.01. The summed E-state index contributed by atoms with van der Waals surface area (Å²) in [5, 5.41) is 15.0. The first-order valence-electron chi connectivity index (χ1n) is 9.01. The Bertz CT molecular complexity index is 779. The Morgan fingerprint density at radius 1 is 1.41 bits per heavy atom. The predicted molar refractivity (Wildman–Crippen MR) is 103 cm³/mol. The predicted octanol–water partition coefficient (Wildman–Crippen LogP) is 1.21. The van der Waals surface area contributed by atoms with E-state index in [4.69, 9.17) is 5.26 Å². The molecule has 2 amide bonds. The summed E-state index contributed by atoms with van der Waals surface area (Å²) in [6.45, 7) is 5.56. The van der Waals surface area contributed by atoms with E-state index in [1.54, 1.807) is 4.90 Å². The van der Waals surface area contributed by atoms with Gasteiger partial charge in [-0.25, -0.2) is 15.2 Å². The van der Waals surface area contributed by atoms with Crippen molar-refractivity contribution in [1.82, 2.24) is 26.4 Å². The van der Waals surface area contributed by atoms with Gasteiger partial charge in [0, 0.05) is 31.3 Å². The highest BCUT2D eigenvalue weighted by Crippen LogP contribution is 2.33. The molecule has 1 aromatic carbocycles. The minimum atomic E-state index is -0.470. The topological polar surface area (TPSA) is 105 Å². The molecule has 27 heavy (non-hydrogen) atoms. The van der Waals surface area contributed by atoms with Crippen LogP contribution in [0.1, 0.15) is 25.8 Å². The second-order valence-electron chi connectivity index (χ2n) is 6.98. The molecule has 0 radical (unpaired) electrons. The maximum Gasteiger partial charge on any atom is 0.332 e. The first-order chi connectivity index (χ1) is 13.0. The van der Waals surface area contributed by atoms with Gasteiger partial charge in [0.15, 0.2) is 6.29 Å². The number of benzene rings is 1. The third kappa shape index (κ3) is 4.27. The molecule has 2 aliphatic heterocycles. The number of fused-ring (bicyclic) bond motifs is 1. The zero-order chi connectivity index (χ0) is 19.3. The summed E-state index contributed by atoms with van der Waals surface area (Å²) >= 11 is 0. The van der Waals surface area contributed by atoms with E-state index in [2.05, 4.69) is 32.5 Å². The number of urea groups is 1. The molecular weight excluding hydrogens is 342 g/mol. The number of rotatable bonds is 6. The molecule has 1 saturated heterocycles. The molecule has 1 atom stereocenters. The molecule has 8 heteroatoms. The number of nitriles is 1. The van der Waals surface area contributed by atoms with Crippen molar-refractivity contribution in [2.24, 2.45) is 4.99 Å². The van der Waals surface area contributed by atoms with Crippen LogP contribution in [-0.4, -0.2) is 41.6 Å². The minimum absolute atomic E-state index is 0.192. The van der Waals surface area contributed by atoms with Crippen LogP contribution >= 0.6 is 0 Å². The van der Waals surface area contributed by atoms with Crippen molar-refractivity contribution in [3.8, 4) is 6.07 Å². The maximum absolute atomic E-state index is 12.7. The molecule has 0 saturated carbocycles. The molecule has 2 heterocycles. The molecule has 0 bridgehead atoms. The van der Waals surface area contributed by atoms with E-state index < -0.39 is 5.54 Å². The number of aliphatic imine (C=N–C) groups is 1. The number of carbonyl (C=O) groups excluding carboxylic acids is 1. The van der Waals surface area contributed by atoms with Crippen molar-refractivity contribution in [3.05, 3.63) is 47.7 Å². The summed E-state index contributed by atoms with van der Waals surface area (Å²) in [5.41, 5.74) is 8.26. The van der Waals surface area contributed by atoms with Crippen LogP contribution in [0.15, 0.2) is 47.1 Å². The number of likely N-dealkylation sites (tertiary alicyclic amines) is 1. The van der Waals surface area contributed by atoms with Crippen LogP contribution < -0.4 is 21.5 Å². The summed E-state index contributed by atoms with van der Waals surface area (Å²) in [4.78, 5) is 19.1. The fourth-order valence-electron chi connectivity index (χ4n) is 3.24. The van der Waals surface area contributed by atoms with E-state index >= 15 is 0 Å². The summed E-state index contributed by atoms with van der Waals surface area (Å²) < 4.78 is 0. The lowest BCUT2D eigenvalue weighted by molar-refractivity contribution is 0.171. The molecule has 0 spiro atoms. The molecule has 1 aromatic rings. The van der Waals surface area contributed by atoms with Gasteiger partial charge in [0.1, 0.15) is 0 Å². The lowest BCUT2D eigenvalue weighted by Crippen LogP contribution is -2.52. The lowest BCUT2D eigenvalue weighted by Gasteiger charge is -2.32. The van der Waals surface area contributed by atoms with Gasteiger partial charge in [0.2, 0.25) is 0 Å². The molecule has 8 nitrogen and oxygen atoms in total. The quantitative estimate of drug-likeness (QED) is 0.447. The van der Waals surface area contributed by atoms with E-state index in [0.29, 0.717) is 26.1 Å². The number of hydrogen-bond acceptors (Lipinski definition) is 6. The second kappa shape index (κ2) is 8.20. The van der Waals surface area contributed by atoms with Crippen LogP contribution in [-0.2, 0) is 6.54 Å². The van der Waals surface area contributed by atoms with E-state index in [0.717, 1.165) is 16.8 Å². The van der Waals surface area contributed by atoms with Crippen LogP contribution in [0.25, 0.3) is 0 Å². The Kier molecular flexibility index (Phi) is 5.74. The van der Waals surface area contributed by atoms with Crippen molar-refractivity contribution < 1.29 is 4.79 Å². The summed E-state index contributed by atoms with van der Waals surface area (Å²) in [6, 6.07) is 11.8. The number of amides is 2. The van der Waals surface area contributed by atoms with Gasteiger partial charge in [-0.05, 0) is 19.4 Å². The lowest BCUT2D eigenvalue weighted by atomic mass is 9.94. The van der Waals surface area contributed by atoms with Gasteiger partial charge >= 0.3 is 6.03 Å². The Hall–Kier alpha value is -2.89. The zero-order valence-corrected chi connectivity index (χ0v) is 15.6. The average molecular weight is 367 g/mol. The van der Waals surface area contributed by atoms with Gasteiger partial charge in [0.25, 0.3) is 0 Å². The van der Waals surface area contributed by atoms with Crippen LogP contribution in [0.5, 0.6) is 0 Å². The number of nitrogens with zero attached hydrogens (tertiary/aromatic N) is 3. The van der Waals surface area contributed by atoms with Crippen LogP contribution in [0.2, 0.25) is 0 Å². The van der Waals surface area contributed by atoms with E-state index in [1.165, 1.54) is 0 Å². The molecule has 2 aliphatic rings. The van der Waals surface area contributed by atoms with Crippen molar-refractivity contribution >= 4 is 11.7 Å². The SMILES string of the molecule is CC1(C)C2=CNC(NCCC#N)N=C2CN1C(=O)NNCc1ccccc1. The molecule has 3 rings (SSSR count). The van der Waals surface area contributed by atoms with Gasteiger partial charge < -0.3 is 10.2 Å². The van der Waals surface area contributed by atoms with Crippen LogP contribution in [0.3, 0.4) is 0 Å². The number of carbonyl (C=O) groups is 1. The monoisotopic (exact) mass is 367 g/mol. The highest BCUT2D eigenvalue weighted by atomic mass is 16.2. The van der Waals surface area contributed by atoms with Gasteiger partial charge in [0.05, 0.1) is 23.9 Å². The van der Waals surface area contributed by atoms with Crippen molar-refractivity contribution in [2.75, 3.05) is 13.1 Å². The van der Waals surface area contributed by atoms with E-state index in [-0.39, 0.29) is 12.3 Å². The molecule has 1 unspecified atom stereocenters. The number of hydrogen-bond donors (Lipinski definition) is 4. The molecule has 0 aromatic heterocycles. The molecular formula is C19H25N7O. The molecule has 142 valence electrons. The average Bonchev–Trinajstić information content (AvgIpc) is 2.93. The van der Waals surface area contributed by atoms with Gasteiger partial charge in [-0.3, -0.25) is 10.7 Å². The third-order valence-corrected chi connectivity index (χ3v) is 4.77. The Labute approximate surface area is 159 Å². The van der Waals surface area contributed by atoms with E-state index in [9.17, 15) is 4.79 Å². The summed E-state index contributed by atoms with van der Waals surface area (Å²) in [7, 11) is 0. The molecule has 1 fully saturated rings. The minimum Gasteiger partial charge on any atom is -0.357 e. The number of hydrazine groups is 1. The summed E-state index contributed by atoms with van der Waals surface area (Å²) in [5.74, 6) is 0. The standard InChI is InChI=1S/C19H25N7O/c1-19(2)15-12-22-17(21-10-6-9-20)24-16(15)13-26(19)18(27)25-23-11-14-7-4-3-5-8-14/h3-5,7-8,12,17,21-23H,6,10-11,13H2,1-2H3,(H,25,27). The largest absolute Gasteiger partial charge is 0.357 e. The fourth-order valence-corrected chi connectivity index (χ4v) is 3.24. The van der Waals surface area contributed by atoms with Crippen molar-refractivity contribution in [1.29, 1.82) is 5.26 Å².